The molecule has 1 aromatic heterocycles. The van der Waals surface area contributed by atoms with Gasteiger partial charge in [-0.2, -0.15) is 4.73 Å². The summed E-state index contributed by atoms with van der Waals surface area (Å²) < 4.78 is 1.17. The van der Waals surface area contributed by atoms with E-state index in [0.717, 1.165) is 18.4 Å². The van der Waals surface area contributed by atoms with Crippen molar-refractivity contribution in [3.05, 3.63) is 32.7 Å². The van der Waals surface area contributed by atoms with E-state index in [2.05, 4.69) is 6.92 Å². The molecule has 0 aromatic carbocycles. The second kappa shape index (κ2) is 13.0. The van der Waals surface area contributed by atoms with E-state index in [9.17, 15) is 10.0 Å². The van der Waals surface area contributed by atoms with Crippen molar-refractivity contribution in [2.45, 2.75) is 118 Å². The average Bonchev–Trinajstić information content (AvgIpc) is 2.64. The summed E-state index contributed by atoms with van der Waals surface area (Å²) in [6, 6.07) is 0. The minimum absolute atomic E-state index is 0.115. The topological polar surface area (TPSA) is 42.2 Å². The molecule has 0 unspecified atom stereocenters. The first-order chi connectivity index (χ1) is 12.5. The van der Waals surface area contributed by atoms with Crippen LogP contribution in [0.1, 0.15) is 113 Å². The SMILES string of the molecule is CCCCCCCCCCCCCCCc1c(C)n(O)c(C)c(C)c1=O. The average molecular weight is 364 g/mol. The van der Waals surface area contributed by atoms with Gasteiger partial charge in [-0.05, 0) is 33.6 Å². The molecule has 1 N–H and O–H groups in total. The van der Waals surface area contributed by atoms with Crippen LogP contribution in [0.4, 0.5) is 0 Å². The van der Waals surface area contributed by atoms with Gasteiger partial charge in [0.2, 0.25) is 0 Å². The molecule has 0 atom stereocenters. The van der Waals surface area contributed by atoms with Crippen LogP contribution >= 0.6 is 0 Å². The second-order valence-corrected chi connectivity index (χ2v) is 7.91. The first-order valence-electron chi connectivity index (χ1n) is 10.9. The first kappa shape index (κ1) is 22.8. The standard InChI is InChI=1S/C23H41NO2/c1-5-6-7-8-9-10-11-12-13-14-15-16-17-18-22-21(4)24(26)20(3)19(2)23(22)25/h26H,5-18H2,1-4H3. The highest BCUT2D eigenvalue weighted by molar-refractivity contribution is 5.29. The Bertz CT molecular complexity index is 575. The number of pyridine rings is 1. The number of hydrogen-bond donors (Lipinski definition) is 1. The number of rotatable bonds is 14. The Morgan fingerprint density at radius 2 is 1.12 bits per heavy atom. The van der Waals surface area contributed by atoms with Crippen molar-refractivity contribution in [3.63, 3.8) is 0 Å². The van der Waals surface area contributed by atoms with Crippen LogP contribution in [0, 0.1) is 20.8 Å². The molecule has 1 aromatic rings. The van der Waals surface area contributed by atoms with Gasteiger partial charge in [-0.15, -0.1) is 0 Å². The van der Waals surface area contributed by atoms with Crippen molar-refractivity contribution < 1.29 is 5.21 Å². The van der Waals surface area contributed by atoms with Gasteiger partial charge < -0.3 is 5.21 Å². The number of aromatic nitrogens is 1. The summed E-state index contributed by atoms with van der Waals surface area (Å²) in [7, 11) is 0. The Balaban J connectivity index is 2.11. The molecule has 0 amide bonds. The van der Waals surface area contributed by atoms with E-state index in [1.165, 1.54) is 81.8 Å². The summed E-state index contributed by atoms with van der Waals surface area (Å²) in [4.78, 5) is 12.4. The minimum Gasteiger partial charge on any atom is -0.428 e. The van der Waals surface area contributed by atoms with Crippen LogP contribution < -0.4 is 5.43 Å². The summed E-state index contributed by atoms with van der Waals surface area (Å²) in [5.41, 5.74) is 2.93. The minimum atomic E-state index is 0.115. The van der Waals surface area contributed by atoms with E-state index < -0.39 is 0 Å². The third-order valence-electron chi connectivity index (χ3n) is 5.76. The van der Waals surface area contributed by atoms with E-state index in [1.54, 1.807) is 13.8 Å². The zero-order chi connectivity index (χ0) is 19.4. The largest absolute Gasteiger partial charge is 0.428 e. The maximum atomic E-state index is 12.4. The number of unbranched alkanes of at least 4 members (excludes halogenated alkanes) is 12. The highest BCUT2D eigenvalue weighted by atomic mass is 16.5. The number of hydrogen-bond acceptors (Lipinski definition) is 2. The van der Waals surface area contributed by atoms with Crippen molar-refractivity contribution in [3.8, 4) is 0 Å². The Morgan fingerprint density at radius 3 is 1.58 bits per heavy atom. The highest BCUT2D eigenvalue weighted by Crippen LogP contribution is 2.15. The molecule has 0 saturated heterocycles. The van der Waals surface area contributed by atoms with Gasteiger partial charge in [-0.25, -0.2) is 0 Å². The van der Waals surface area contributed by atoms with Crippen LogP contribution in [0.2, 0.25) is 0 Å². The lowest BCUT2D eigenvalue weighted by Crippen LogP contribution is -2.22. The molecule has 0 aliphatic carbocycles. The Morgan fingerprint density at radius 1 is 0.692 bits per heavy atom. The molecule has 1 rings (SSSR count). The predicted octanol–water partition coefficient (Wildman–Crippen LogP) is 6.64. The summed E-state index contributed by atoms with van der Waals surface area (Å²) in [5, 5.41) is 10.1. The molecule has 150 valence electrons. The smallest absolute Gasteiger partial charge is 0.188 e. The molecule has 0 radical (unpaired) electrons. The van der Waals surface area contributed by atoms with Crippen LogP contribution in [0.3, 0.4) is 0 Å². The van der Waals surface area contributed by atoms with Gasteiger partial charge in [0, 0.05) is 11.1 Å². The molecule has 3 heteroatoms. The molecule has 0 spiro atoms. The lowest BCUT2D eigenvalue weighted by molar-refractivity contribution is 0.169. The summed E-state index contributed by atoms with van der Waals surface area (Å²) >= 11 is 0. The lowest BCUT2D eigenvalue weighted by atomic mass is 10.0. The van der Waals surface area contributed by atoms with Crippen LogP contribution in [-0.4, -0.2) is 9.94 Å². The molecule has 0 saturated carbocycles. The van der Waals surface area contributed by atoms with Crippen molar-refractivity contribution in [2.75, 3.05) is 0 Å². The maximum absolute atomic E-state index is 12.4. The van der Waals surface area contributed by atoms with E-state index in [-0.39, 0.29) is 5.43 Å². The molecule has 0 aliphatic heterocycles. The molecule has 0 aliphatic rings. The monoisotopic (exact) mass is 363 g/mol. The van der Waals surface area contributed by atoms with Crippen molar-refractivity contribution in [1.29, 1.82) is 0 Å². The molecule has 26 heavy (non-hydrogen) atoms. The lowest BCUT2D eigenvalue weighted by Gasteiger charge is -2.14. The molecular formula is C23H41NO2. The Hall–Kier alpha value is -1.25. The third kappa shape index (κ3) is 7.55. The van der Waals surface area contributed by atoms with Crippen LogP contribution in [0.25, 0.3) is 0 Å². The van der Waals surface area contributed by atoms with Gasteiger partial charge in [0.25, 0.3) is 0 Å². The maximum Gasteiger partial charge on any atom is 0.188 e. The molecule has 0 fully saturated rings. The fraction of sp³-hybridized carbons (Fsp3) is 0.783. The van der Waals surface area contributed by atoms with Crippen molar-refractivity contribution >= 4 is 0 Å². The van der Waals surface area contributed by atoms with E-state index in [0.29, 0.717) is 17.0 Å². The van der Waals surface area contributed by atoms with Gasteiger partial charge in [0.05, 0.1) is 11.4 Å². The number of nitrogens with zero attached hydrogens (tertiary/aromatic N) is 1. The van der Waals surface area contributed by atoms with E-state index >= 15 is 0 Å². The molecule has 1 heterocycles. The van der Waals surface area contributed by atoms with Gasteiger partial charge in [-0.1, -0.05) is 84.0 Å². The fourth-order valence-corrected chi connectivity index (χ4v) is 3.71. The van der Waals surface area contributed by atoms with Gasteiger partial charge in [0.15, 0.2) is 5.43 Å². The molecule has 0 bridgehead atoms. The van der Waals surface area contributed by atoms with E-state index in [4.69, 9.17) is 0 Å². The van der Waals surface area contributed by atoms with Crippen LogP contribution in [0.5, 0.6) is 0 Å². The zero-order valence-corrected chi connectivity index (χ0v) is 17.7. The summed E-state index contributed by atoms with van der Waals surface area (Å²) in [5.74, 6) is 0. The molecule has 3 nitrogen and oxygen atoms in total. The summed E-state index contributed by atoms with van der Waals surface area (Å²) in [6.07, 6.45) is 18.1. The van der Waals surface area contributed by atoms with Gasteiger partial charge in [-0.3, -0.25) is 4.79 Å². The van der Waals surface area contributed by atoms with Crippen molar-refractivity contribution in [1.82, 2.24) is 4.73 Å². The van der Waals surface area contributed by atoms with Gasteiger partial charge >= 0.3 is 0 Å². The van der Waals surface area contributed by atoms with E-state index in [1.807, 2.05) is 6.92 Å². The molecular weight excluding hydrogens is 322 g/mol. The Kier molecular flexibility index (Phi) is 11.4. The van der Waals surface area contributed by atoms with Crippen LogP contribution in [-0.2, 0) is 6.42 Å². The Labute approximate surface area is 160 Å². The normalized spacial score (nSPS) is 11.2. The fourth-order valence-electron chi connectivity index (χ4n) is 3.71. The zero-order valence-electron chi connectivity index (χ0n) is 17.7. The van der Waals surface area contributed by atoms with Crippen LogP contribution in [0.15, 0.2) is 4.79 Å². The quantitative estimate of drug-likeness (QED) is 0.297. The summed E-state index contributed by atoms with van der Waals surface area (Å²) in [6.45, 7) is 7.70. The van der Waals surface area contributed by atoms with Crippen molar-refractivity contribution in [2.24, 2.45) is 0 Å². The predicted molar refractivity (Wildman–Crippen MR) is 111 cm³/mol. The highest BCUT2D eigenvalue weighted by Gasteiger charge is 2.13. The second-order valence-electron chi connectivity index (χ2n) is 7.91. The first-order valence-corrected chi connectivity index (χ1v) is 10.9. The van der Waals surface area contributed by atoms with Gasteiger partial charge in [0.1, 0.15) is 0 Å². The third-order valence-corrected chi connectivity index (χ3v) is 5.76.